The maximum atomic E-state index is 12.0. The summed E-state index contributed by atoms with van der Waals surface area (Å²) in [5, 5.41) is 6.41. The maximum absolute atomic E-state index is 12.0. The number of methoxy groups -OCH3 is 1. The van der Waals surface area contributed by atoms with Gasteiger partial charge in [-0.25, -0.2) is 4.98 Å². The molecule has 5 heteroatoms. The van der Waals surface area contributed by atoms with Crippen molar-refractivity contribution in [2.75, 3.05) is 20.3 Å². The van der Waals surface area contributed by atoms with Gasteiger partial charge in [0, 0.05) is 25.0 Å². The molecule has 4 nitrogen and oxygen atoms in total. The molecule has 1 aromatic heterocycles. The minimum atomic E-state index is 0.0144. The summed E-state index contributed by atoms with van der Waals surface area (Å²) in [5.74, 6) is 0.0144. The molecule has 0 saturated heterocycles. The van der Waals surface area contributed by atoms with Crippen molar-refractivity contribution < 1.29 is 9.53 Å². The van der Waals surface area contributed by atoms with Crippen LogP contribution in [0.1, 0.15) is 21.1 Å². The lowest BCUT2D eigenvalue weighted by Gasteiger charge is -2.04. The number of aryl methyl sites for hydroxylation is 1. The number of rotatable bonds is 7. The highest BCUT2D eigenvalue weighted by atomic mass is 32.1. The van der Waals surface area contributed by atoms with Gasteiger partial charge in [-0.1, -0.05) is 42.5 Å². The Hall–Kier alpha value is -2.24. The second-order valence-electron chi connectivity index (χ2n) is 5.95. The maximum Gasteiger partial charge on any atom is 0.225 e. The van der Waals surface area contributed by atoms with Crippen molar-refractivity contribution in [1.29, 1.82) is 0 Å². The summed E-state index contributed by atoms with van der Waals surface area (Å²) in [6, 6.07) is 14.8. The van der Waals surface area contributed by atoms with Crippen molar-refractivity contribution >= 4 is 28.0 Å². The van der Waals surface area contributed by atoms with E-state index in [0.717, 1.165) is 22.0 Å². The molecule has 1 amide bonds. The van der Waals surface area contributed by atoms with Gasteiger partial charge in [-0.2, -0.15) is 0 Å². The molecule has 0 saturated carbocycles. The van der Waals surface area contributed by atoms with Crippen LogP contribution in [0.3, 0.4) is 0 Å². The molecule has 0 spiro atoms. The zero-order chi connectivity index (χ0) is 17.6. The van der Waals surface area contributed by atoms with Gasteiger partial charge in [0.2, 0.25) is 5.91 Å². The number of amides is 1. The van der Waals surface area contributed by atoms with E-state index in [9.17, 15) is 4.79 Å². The molecule has 1 heterocycles. The number of fused-ring (bicyclic) bond motifs is 1. The minimum absolute atomic E-state index is 0.0144. The van der Waals surface area contributed by atoms with Gasteiger partial charge in [0.05, 0.1) is 23.7 Å². The molecule has 25 heavy (non-hydrogen) atoms. The van der Waals surface area contributed by atoms with Crippen LogP contribution in [0.2, 0.25) is 0 Å². The van der Waals surface area contributed by atoms with E-state index >= 15 is 0 Å². The van der Waals surface area contributed by atoms with Crippen LogP contribution in [-0.4, -0.2) is 31.2 Å². The van der Waals surface area contributed by atoms with Crippen molar-refractivity contribution in [3.63, 3.8) is 0 Å². The fourth-order valence-corrected chi connectivity index (χ4v) is 3.93. The molecule has 0 aliphatic heterocycles. The number of carbonyl (C=O) groups is 1. The average Bonchev–Trinajstić information content (AvgIpc) is 2.94. The molecular formula is C20H22N2O2S. The molecule has 0 unspecified atom stereocenters. The van der Waals surface area contributed by atoms with Crippen LogP contribution in [0.15, 0.2) is 42.5 Å². The van der Waals surface area contributed by atoms with Crippen LogP contribution >= 0.6 is 11.3 Å². The zero-order valence-corrected chi connectivity index (χ0v) is 15.4. The van der Waals surface area contributed by atoms with E-state index in [1.54, 1.807) is 18.4 Å². The largest absolute Gasteiger partial charge is 0.383 e. The molecular weight excluding hydrogens is 332 g/mol. The van der Waals surface area contributed by atoms with E-state index in [1.807, 2.05) is 6.92 Å². The standard InChI is InChI=1S/C20H22N2O2S/c1-14-18(13-19(23)21-10-11-24-2)25-20(22-14)12-16-8-5-7-15-6-3-4-9-17(15)16/h3-9H,10-13H2,1-2H3,(H,21,23). The molecule has 0 fully saturated rings. The van der Waals surface area contributed by atoms with Crippen LogP contribution in [0.5, 0.6) is 0 Å². The van der Waals surface area contributed by atoms with Crippen LogP contribution < -0.4 is 5.32 Å². The fourth-order valence-electron chi connectivity index (χ4n) is 2.84. The number of hydrogen-bond donors (Lipinski definition) is 1. The van der Waals surface area contributed by atoms with Gasteiger partial charge in [0.1, 0.15) is 0 Å². The summed E-state index contributed by atoms with van der Waals surface area (Å²) in [6.07, 6.45) is 1.17. The normalized spacial score (nSPS) is 11.0. The van der Waals surface area contributed by atoms with Gasteiger partial charge in [0.15, 0.2) is 0 Å². The van der Waals surface area contributed by atoms with Crippen LogP contribution in [0, 0.1) is 6.92 Å². The van der Waals surface area contributed by atoms with Crippen molar-refractivity contribution in [2.45, 2.75) is 19.8 Å². The van der Waals surface area contributed by atoms with E-state index in [1.165, 1.54) is 16.3 Å². The molecule has 3 aromatic rings. The van der Waals surface area contributed by atoms with Gasteiger partial charge in [-0.15, -0.1) is 11.3 Å². The number of carbonyl (C=O) groups excluding carboxylic acids is 1. The van der Waals surface area contributed by atoms with E-state index in [4.69, 9.17) is 4.74 Å². The van der Waals surface area contributed by atoms with E-state index < -0.39 is 0 Å². The lowest BCUT2D eigenvalue weighted by Crippen LogP contribution is -2.28. The number of ether oxygens (including phenoxy) is 1. The summed E-state index contributed by atoms with van der Waals surface area (Å²) in [7, 11) is 1.62. The molecule has 1 N–H and O–H groups in total. The number of aromatic nitrogens is 1. The van der Waals surface area contributed by atoms with Gasteiger partial charge >= 0.3 is 0 Å². The Morgan fingerprint density at radius 2 is 2.00 bits per heavy atom. The predicted molar refractivity (Wildman–Crippen MR) is 102 cm³/mol. The smallest absolute Gasteiger partial charge is 0.225 e. The fraction of sp³-hybridized carbons (Fsp3) is 0.300. The van der Waals surface area contributed by atoms with Crippen molar-refractivity contribution in [3.05, 3.63) is 63.6 Å². The summed E-state index contributed by atoms with van der Waals surface area (Å²) in [6.45, 7) is 3.04. The first-order chi connectivity index (χ1) is 12.2. The quantitative estimate of drug-likeness (QED) is 0.661. The van der Waals surface area contributed by atoms with Crippen LogP contribution in [0.25, 0.3) is 10.8 Å². The molecule has 0 aliphatic rings. The highest BCUT2D eigenvalue weighted by Crippen LogP contribution is 2.25. The Morgan fingerprint density at radius 3 is 2.84 bits per heavy atom. The predicted octanol–water partition coefficient (Wildman–Crippen LogP) is 3.50. The van der Waals surface area contributed by atoms with Gasteiger partial charge in [0.25, 0.3) is 0 Å². The molecule has 0 atom stereocenters. The van der Waals surface area contributed by atoms with E-state index in [-0.39, 0.29) is 5.91 Å². The summed E-state index contributed by atoms with van der Waals surface area (Å²) in [5.41, 5.74) is 2.21. The number of nitrogens with zero attached hydrogens (tertiary/aromatic N) is 1. The first-order valence-electron chi connectivity index (χ1n) is 8.35. The molecule has 0 radical (unpaired) electrons. The summed E-state index contributed by atoms with van der Waals surface area (Å²) >= 11 is 1.63. The molecule has 0 bridgehead atoms. The van der Waals surface area contributed by atoms with Crippen molar-refractivity contribution in [2.24, 2.45) is 0 Å². The number of hydrogen-bond acceptors (Lipinski definition) is 4. The van der Waals surface area contributed by atoms with Gasteiger partial charge in [-0.05, 0) is 23.3 Å². The zero-order valence-electron chi connectivity index (χ0n) is 14.5. The Balaban J connectivity index is 1.73. The second kappa shape index (κ2) is 8.23. The first-order valence-corrected chi connectivity index (χ1v) is 9.16. The number of nitrogens with one attached hydrogen (secondary N) is 1. The molecule has 3 rings (SSSR count). The van der Waals surface area contributed by atoms with Crippen molar-refractivity contribution in [3.8, 4) is 0 Å². The van der Waals surface area contributed by atoms with E-state index in [2.05, 4.69) is 52.8 Å². The third-order valence-corrected chi connectivity index (χ3v) is 5.27. The number of thiazole rings is 1. The van der Waals surface area contributed by atoms with Crippen molar-refractivity contribution in [1.82, 2.24) is 10.3 Å². The molecule has 0 aliphatic carbocycles. The van der Waals surface area contributed by atoms with Crippen LogP contribution in [0.4, 0.5) is 0 Å². The second-order valence-corrected chi connectivity index (χ2v) is 7.12. The van der Waals surface area contributed by atoms with Gasteiger partial charge in [-0.3, -0.25) is 4.79 Å². The monoisotopic (exact) mass is 354 g/mol. The lowest BCUT2D eigenvalue weighted by atomic mass is 10.0. The number of benzene rings is 2. The third-order valence-electron chi connectivity index (χ3n) is 4.11. The minimum Gasteiger partial charge on any atom is -0.383 e. The van der Waals surface area contributed by atoms with Crippen LogP contribution in [-0.2, 0) is 22.4 Å². The first kappa shape index (κ1) is 17.6. The van der Waals surface area contributed by atoms with Gasteiger partial charge < -0.3 is 10.1 Å². The Bertz CT molecular complexity index is 868. The third kappa shape index (κ3) is 4.44. The Morgan fingerprint density at radius 1 is 1.20 bits per heavy atom. The highest BCUT2D eigenvalue weighted by Gasteiger charge is 2.13. The Labute approximate surface area is 151 Å². The highest BCUT2D eigenvalue weighted by molar-refractivity contribution is 7.11. The summed E-state index contributed by atoms with van der Waals surface area (Å²) < 4.78 is 4.95. The molecule has 2 aromatic carbocycles. The molecule has 130 valence electrons. The Kier molecular flexibility index (Phi) is 5.79. The SMILES string of the molecule is COCCNC(=O)Cc1sc(Cc2cccc3ccccc23)nc1C. The average molecular weight is 354 g/mol. The summed E-state index contributed by atoms with van der Waals surface area (Å²) in [4.78, 5) is 17.7. The topological polar surface area (TPSA) is 51.2 Å². The lowest BCUT2D eigenvalue weighted by molar-refractivity contribution is -0.120. The van der Waals surface area contributed by atoms with E-state index in [0.29, 0.717) is 19.6 Å².